The number of aromatic hydroxyl groups is 2. The van der Waals surface area contributed by atoms with E-state index in [4.69, 9.17) is 95.2 Å². The van der Waals surface area contributed by atoms with E-state index < -0.39 is 34.1 Å². The molecule has 0 spiro atoms. The Hall–Kier alpha value is -12.1. The third kappa shape index (κ3) is 47.7. The standard InChI is InChI=1S/C25H25N5O2.C15H14N4O2.C13H17NO3Si.C13H19NOSi.2C10H11NO.C8H8BrNO3.C5H10Si.C4H3BN.CH2O3.2K.H/c1-3-17-5-7-19(10-11-31)21(12-17)27-14-18-6-8-20-23(13-18)30(25(26)29-20)15-22-24(32)9-4-16(2)28-22;1-9-2-5-14(21)12(17-9)7-19-13-6-10(8-20)3-4-11(13)18-15(19)16;1-18(2,3)9-7-11-4-5-12(6-8-15)13(10-11)14(16)17;1-16(2,3)9-7-11-4-5-12(6-8-15)13(14)10-11;2*1-2-8-3-4-9(5-6-12)10(11)7-8;9-7-2-1-6(3-4-11)8(5-7)10(12)13;1-5-6(2,3)4;1-5-3-2-4-6;2-1-4-3;;;/h1,4-9,12-13,27,31-32H,10-11,14-15H2,2H3,(H2,26,29);2-6,8,21H,7H2,1H3,(H2,16,18);4-5,10,15H,6,8H2,1-3H3;4-5,10,15H,6,8,14H2,1-3H3;2*1,3-4,7,12H,5-6,11H2;1-2,5,11H,3-4H2;1H,2-4H3;1H3;1,3H;;;/q;;;;;;;;;;2*+1;-1/p-1. The van der Waals surface area contributed by atoms with Crippen LogP contribution in [0.25, 0.3) is 22.1 Å². The number of benzene rings is 8. The Labute approximate surface area is 929 Å². The van der Waals surface area contributed by atoms with Gasteiger partial charge in [0.25, 0.3) is 17.8 Å². The first-order valence-electron chi connectivity index (χ1n) is 43.4. The number of aldehydes is 1. The van der Waals surface area contributed by atoms with E-state index in [1.807, 2.05) is 97.3 Å². The van der Waals surface area contributed by atoms with E-state index in [1.54, 1.807) is 104 Å². The Morgan fingerprint density at radius 2 is 0.859 bits per heavy atom. The number of hydrogen-bond donors (Lipinski definition) is 14. The number of nitriles is 1. The van der Waals surface area contributed by atoms with Gasteiger partial charge in [0.05, 0.1) is 45.0 Å². The van der Waals surface area contributed by atoms with Crippen LogP contribution in [0.2, 0.25) is 65.7 Å². The maximum absolute atomic E-state index is 10.9. The minimum atomic E-state index is -1.48. The molecule has 4 heterocycles. The van der Waals surface area contributed by atoms with E-state index in [-0.39, 0.29) is 186 Å². The molecule has 731 valence electrons. The van der Waals surface area contributed by atoms with Crippen LogP contribution in [0.3, 0.4) is 0 Å². The summed E-state index contributed by atoms with van der Waals surface area (Å²) in [7, 11) is -2.29. The second-order valence-corrected chi connectivity index (χ2v) is 48.5. The van der Waals surface area contributed by atoms with Gasteiger partial charge in [0.2, 0.25) is 19.2 Å². The quantitative estimate of drug-likeness (QED) is 0.00571. The molecule has 19 N–H and O–H groups in total. The zero-order valence-electron chi connectivity index (χ0n) is 83.4. The summed E-state index contributed by atoms with van der Waals surface area (Å²) in [5, 5.41) is 114. The summed E-state index contributed by atoms with van der Waals surface area (Å²) in [6.07, 6.45) is 24.7. The summed E-state index contributed by atoms with van der Waals surface area (Å²) in [4.78, 5) is 60.2. The number of halogens is 1. The fourth-order valence-corrected chi connectivity index (χ4v) is 13.2. The van der Waals surface area contributed by atoms with Crippen molar-refractivity contribution in [2.45, 2.75) is 138 Å². The number of nitro benzene ring substituents is 2. The van der Waals surface area contributed by atoms with Crippen molar-refractivity contribution in [2.24, 2.45) is 0 Å². The van der Waals surface area contributed by atoms with Gasteiger partial charge in [0.15, 0.2) is 6.07 Å². The number of aromatic nitrogens is 6. The molecular formula is C104H120BBrK2N15O16Si3. The van der Waals surface area contributed by atoms with E-state index in [0.29, 0.717) is 112 Å². The average Bonchev–Trinajstić information content (AvgIpc) is 1.65. The Morgan fingerprint density at radius 1 is 0.500 bits per heavy atom. The number of pyridine rings is 2. The largest absolute Gasteiger partial charge is 1.00 e. The van der Waals surface area contributed by atoms with Crippen molar-refractivity contribution in [1.29, 1.82) is 5.26 Å². The number of rotatable bonds is 23. The van der Waals surface area contributed by atoms with Crippen LogP contribution in [0.5, 0.6) is 11.5 Å². The Balaban J connectivity index is 0.00000164. The number of carbonyl (C=O) groups excluding carboxylic acids is 2. The van der Waals surface area contributed by atoms with Crippen molar-refractivity contribution in [2.75, 3.05) is 73.6 Å². The molecule has 0 bridgehead atoms. The smallest absolute Gasteiger partial charge is 1.00 e. The number of terminal acetylenes is 4. The normalized spacial score (nSPS) is 9.88. The molecule has 0 atom stereocenters. The summed E-state index contributed by atoms with van der Waals surface area (Å²) in [5.74, 6) is 19.4. The fourth-order valence-electron chi connectivity index (χ4n) is 11.9. The molecule has 0 saturated carbocycles. The van der Waals surface area contributed by atoms with Gasteiger partial charge in [-0.25, -0.2) is 9.97 Å². The molecule has 0 amide bonds. The maximum atomic E-state index is 10.9. The topological polar surface area (TPSA) is 542 Å². The van der Waals surface area contributed by atoms with Gasteiger partial charge in [0, 0.05) is 160 Å². The zero-order valence-corrected chi connectivity index (χ0v) is 93.3. The predicted octanol–water partition coefficient (Wildman–Crippen LogP) is 7.22. The maximum Gasteiger partial charge on any atom is 1.00 e. The van der Waals surface area contributed by atoms with Gasteiger partial charge in [-0.05, 0) is 183 Å². The van der Waals surface area contributed by atoms with Crippen molar-refractivity contribution in [1.82, 2.24) is 29.1 Å². The molecule has 8 aromatic carbocycles. The average molecular weight is 2090 g/mol. The number of fused-ring (bicyclic) bond motifs is 2. The molecule has 12 aromatic rings. The third-order valence-corrected chi connectivity index (χ3v) is 21.9. The number of nitrogens with one attached hydrogen (secondary N) is 1. The van der Waals surface area contributed by atoms with Gasteiger partial charge in [0.1, 0.15) is 53.4 Å². The number of nitrogen functional groups attached to an aromatic ring is 5. The molecular weight excluding hydrogens is 1970 g/mol. The number of hydrogen-bond acceptors (Lipinski definition) is 27. The summed E-state index contributed by atoms with van der Waals surface area (Å²) in [6.45, 7) is 26.2. The van der Waals surface area contributed by atoms with Crippen LogP contribution < -0.4 is 142 Å². The summed E-state index contributed by atoms with van der Waals surface area (Å²) in [5.41, 5.74) is 57.8. The molecule has 4 aromatic heterocycles. The molecule has 38 heteroatoms. The number of nitro groups is 2. The van der Waals surface area contributed by atoms with Crippen LogP contribution in [0.1, 0.15) is 101 Å². The molecule has 12 rings (SSSR count). The van der Waals surface area contributed by atoms with Crippen LogP contribution in [-0.2, 0) is 67.8 Å². The first-order valence-corrected chi connectivity index (χ1v) is 54.7. The summed E-state index contributed by atoms with van der Waals surface area (Å²) in [6, 6.07) is 51.6. The van der Waals surface area contributed by atoms with E-state index >= 15 is 0 Å². The number of aliphatic hydroxyl groups is 6. The van der Waals surface area contributed by atoms with Crippen LogP contribution in [-0.4, -0.2) is 164 Å². The minimum absolute atomic E-state index is 0. The number of nitrogens with two attached hydrogens (primary N) is 5. The van der Waals surface area contributed by atoms with Gasteiger partial charge in [-0.15, -0.1) is 48.1 Å². The molecule has 0 fully saturated rings. The molecule has 0 unspecified atom stereocenters. The van der Waals surface area contributed by atoms with Gasteiger partial charge in [-0.1, -0.05) is 154 Å². The van der Waals surface area contributed by atoms with Gasteiger partial charge < -0.3 is 95.5 Å². The summed E-state index contributed by atoms with van der Waals surface area (Å²) >= 11 is 3.15. The fraction of sp³-hybridized carbons (Fsp3) is 0.260. The van der Waals surface area contributed by atoms with Crippen molar-refractivity contribution in [3.63, 3.8) is 0 Å². The number of carbonyl (C=O) groups is 2. The van der Waals surface area contributed by atoms with Crippen LogP contribution >= 0.6 is 15.9 Å². The number of aliphatic hydroxyl groups excluding tert-OH is 6. The minimum Gasteiger partial charge on any atom is -1.00 e. The molecule has 0 aliphatic carbocycles. The van der Waals surface area contributed by atoms with Crippen LogP contribution in [0, 0.1) is 129 Å². The molecule has 0 aliphatic heterocycles. The Morgan fingerprint density at radius 3 is 1.23 bits per heavy atom. The molecule has 31 nitrogen and oxygen atoms in total. The van der Waals surface area contributed by atoms with E-state index in [2.05, 4.69) is 163 Å². The van der Waals surface area contributed by atoms with E-state index in [1.165, 1.54) is 12.1 Å². The third-order valence-electron chi connectivity index (χ3n) is 18.8. The second-order valence-electron chi connectivity index (χ2n) is 33.3. The van der Waals surface area contributed by atoms with Crippen LogP contribution in [0.4, 0.5) is 46.0 Å². The first kappa shape index (κ1) is 128. The molecule has 1 radical (unpaired) electrons. The molecule has 142 heavy (non-hydrogen) atoms. The monoisotopic (exact) mass is 2090 g/mol. The number of imidazole rings is 2. The predicted molar refractivity (Wildman–Crippen MR) is 568 cm³/mol. The second kappa shape index (κ2) is 67.4. The first-order chi connectivity index (χ1) is 66.4. The van der Waals surface area contributed by atoms with Crippen molar-refractivity contribution < 1.29 is 175 Å². The van der Waals surface area contributed by atoms with Crippen molar-refractivity contribution in [3.05, 3.63) is 290 Å². The molecule has 0 saturated heterocycles. The van der Waals surface area contributed by atoms with Crippen molar-refractivity contribution >= 4 is 128 Å². The zero-order chi connectivity index (χ0) is 105. The van der Waals surface area contributed by atoms with Gasteiger partial charge >= 0.3 is 103 Å². The SMILES string of the molecule is C#C[Si](C)(C)C.C#Cc1ccc(CCO)c(N)c1.C#Cc1ccc(CCO)c(N)c1.C#Cc1ccc(CCO)c(NCc2ccc3nc(N)n(Cc4nc(C)ccc4O)c3c2)c1.C[B]C#CC#N.C[Si](C)(C)C#Cc1ccc(CCO)c(N)c1.C[Si](C)(C)C#Cc1ccc(CCO)c([N+](=O)[O-])c1.Cc1ccc(O)c(Cn2c(N)nc3ccc(C=O)cc32)n1.O=CO[O-].O=[N+]([O-])c1cc(Br)ccc1CCO.[H-].[K+].[K+]. The van der Waals surface area contributed by atoms with Gasteiger partial charge in [-0.3, -0.25) is 39.8 Å². The number of aryl methyl sites for hydroxylation is 2. The molecule has 0 aliphatic rings. The van der Waals surface area contributed by atoms with Crippen molar-refractivity contribution in [3.8, 4) is 101 Å². The number of nitrogens with zero attached hydrogens (tertiary/aromatic N) is 9. The number of anilines is 6. The van der Waals surface area contributed by atoms with E-state index in [0.717, 1.165) is 95.7 Å². The Bertz CT molecular complexity index is 6560. The van der Waals surface area contributed by atoms with Crippen LogP contribution in [0.15, 0.2) is 174 Å². The van der Waals surface area contributed by atoms with Gasteiger partial charge in [-0.2, -0.15) is 5.26 Å². The Kier molecular flexibility index (Phi) is 60.7. The summed E-state index contributed by atoms with van der Waals surface area (Å²) < 4.78 is 4.24. The van der Waals surface area contributed by atoms with E-state index in [9.17, 15) is 40.3 Å².